The Bertz CT molecular complexity index is 82.6. The molecule has 0 aliphatic carbocycles. The maximum atomic E-state index is 9.64. The molecule has 4 heteroatoms. The molecule has 0 radical (unpaired) electrons. The Morgan fingerprint density at radius 1 is 2.00 bits per heavy atom. The van der Waals surface area contributed by atoms with E-state index in [9.17, 15) is 4.79 Å². The summed E-state index contributed by atoms with van der Waals surface area (Å²) in [6.07, 6.45) is -0.481. The summed E-state index contributed by atoms with van der Waals surface area (Å²) in [5.41, 5.74) is 0. The van der Waals surface area contributed by atoms with Crippen LogP contribution in [0.25, 0.3) is 0 Å². The van der Waals surface area contributed by atoms with Crippen LogP contribution >= 0.6 is 0 Å². The molecule has 0 bridgehead atoms. The van der Waals surface area contributed by atoms with Crippen LogP contribution in [0, 0.1) is 0 Å². The molecule has 1 saturated heterocycles. The first-order valence-electron chi connectivity index (χ1n) is 1.65. The van der Waals surface area contributed by atoms with E-state index in [0.717, 1.165) is 0 Å². The monoisotopic (exact) mass is 112 g/mol. The van der Waals surface area contributed by atoms with E-state index in [2.05, 4.69) is 4.74 Å². The summed E-state index contributed by atoms with van der Waals surface area (Å²) in [4.78, 5) is 9.64. The molecule has 0 aromatic carbocycles. The predicted molar refractivity (Wildman–Crippen MR) is 18.5 cm³/mol. The van der Waals surface area contributed by atoms with Crippen molar-refractivity contribution >= 4 is 5.97 Å². The maximum absolute atomic E-state index is 9.64. The standard InChI is InChI=1S/C3H4O3.Na.H/c4-3(5)2-1-6-2;;/h2H,1H2,(H,4,5);;/q;+1;-1. The number of rotatable bonds is 1. The van der Waals surface area contributed by atoms with Gasteiger partial charge in [0.25, 0.3) is 0 Å². The van der Waals surface area contributed by atoms with E-state index < -0.39 is 12.1 Å². The van der Waals surface area contributed by atoms with Gasteiger partial charge in [-0.1, -0.05) is 0 Å². The van der Waals surface area contributed by atoms with Crippen molar-refractivity contribution in [1.29, 1.82) is 0 Å². The van der Waals surface area contributed by atoms with Gasteiger partial charge >= 0.3 is 35.5 Å². The van der Waals surface area contributed by atoms with Gasteiger partial charge in [-0.15, -0.1) is 0 Å². The van der Waals surface area contributed by atoms with Crippen LogP contribution in [0.2, 0.25) is 0 Å². The molecule has 1 heterocycles. The first-order valence-corrected chi connectivity index (χ1v) is 1.65. The van der Waals surface area contributed by atoms with Gasteiger partial charge in [0, 0.05) is 0 Å². The van der Waals surface area contributed by atoms with E-state index in [1.54, 1.807) is 0 Å². The summed E-state index contributed by atoms with van der Waals surface area (Å²) in [6.45, 7) is 0.398. The second-order valence-corrected chi connectivity index (χ2v) is 1.16. The molecule has 0 aromatic rings. The Hall–Kier alpha value is 0.430. The van der Waals surface area contributed by atoms with Crippen LogP contribution in [-0.4, -0.2) is 23.8 Å². The Kier molecular flexibility index (Phi) is 2.83. The summed E-state index contributed by atoms with van der Waals surface area (Å²) in [5.74, 6) is -0.852. The number of hydrogen-bond acceptors (Lipinski definition) is 2. The summed E-state index contributed by atoms with van der Waals surface area (Å²) in [5, 5.41) is 7.93. The van der Waals surface area contributed by atoms with E-state index >= 15 is 0 Å². The minimum atomic E-state index is -0.852. The van der Waals surface area contributed by atoms with Gasteiger partial charge in [0.1, 0.15) is 0 Å². The predicted octanol–water partition coefficient (Wildman–Crippen LogP) is -3.41. The van der Waals surface area contributed by atoms with Gasteiger partial charge in [-0.3, -0.25) is 0 Å². The molecule has 0 aromatic heterocycles. The van der Waals surface area contributed by atoms with Gasteiger partial charge < -0.3 is 11.3 Å². The minimum Gasteiger partial charge on any atom is -1.00 e. The number of carboxylic acids is 1. The summed E-state index contributed by atoms with van der Waals surface area (Å²) >= 11 is 0. The minimum absolute atomic E-state index is 0. The number of aliphatic carboxylic acids is 1. The molecule has 1 fully saturated rings. The topological polar surface area (TPSA) is 49.8 Å². The van der Waals surface area contributed by atoms with Crippen LogP contribution < -0.4 is 29.6 Å². The second-order valence-electron chi connectivity index (χ2n) is 1.16. The molecular weight excluding hydrogens is 107 g/mol. The van der Waals surface area contributed by atoms with Gasteiger partial charge in [-0.2, -0.15) is 0 Å². The van der Waals surface area contributed by atoms with Crippen LogP contribution in [0.3, 0.4) is 0 Å². The maximum Gasteiger partial charge on any atom is 1.00 e. The van der Waals surface area contributed by atoms with Crippen LogP contribution in [0.1, 0.15) is 1.43 Å². The molecule has 0 amide bonds. The fourth-order valence-corrected chi connectivity index (χ4v) is 0.191. The third kappa shape index (κ3) is 2.29. The van der Waals surface area contributed by atoms with Gasteiger partial charge in [-0.25, -0.2) is 4.79 Å². The fraction of sp³-hybridized carbons (Fsp3) is 0.667. The molecule has 1 aliphatic heterocycles. The molecule has 7 heavy (non-hydrogen) atoms. The Balaban J connectivity index is 0. The van der Waals surface area contributed by atoms with Gasteiger partial charge in [0.2, 0.25) is 0 Å². The van der Waals surface area contributed by atoms with Crippen molar-refractivity contribution in [3.8, 4) is 0 Å². The number of epoxide rings is 1. The van der Waals surface area contributed by atoms with E-state index in [1.165, 1.54) is 0 Å². The van der Waals surface area contributed by atoms with Crippen LogP contribution in [0.4, 0.5) is 0 Å². The molecule has 1 rings (SSSR count). The van der Waals surface area contributed by atoms with Crippen molar-refractivity contribution in [2.75, 3.05) is 6.61 Å². The van der Waals surface area contributed by atoms with Gasteiger partial charge in [0.05, 0.1) is 6.61 Å². The molecule has 1 N–H and O–H groups in total. The van der Waals surface area contributed by atoms with Gasteiger partial charge in [0.15, 0.2) is 6.10 Å². The summed E-state index contributed by atoms with van der Waals surface area (Å²) in [7, 11) is 0. The van der Waals surface area contributed by atoms with Crippen molar-refractivity contribution in [1.82, 2.24) is 0 Å². The van der Waals surface area contributed by atoms with Crippen molar-refractivity contribution in [3.63, 3.8) is 0 Å². The molecule has 1 unspecified atom stereocenters. The zero-order chi connectivity index (χ0) is 4.57. The third-order valence-corrected chi connectivity index (χ3v) is 0.609. The quantitative estimate of drug-likeness (QED) is 0.284. The fourth-order valence-electron chi connectivity index (χ4n) is 0.191. The Morgan fingerprint density at radius 2 is 2.43 bits per heavy atom. The molecule has 3 nitrogen and oxygen atoms in total. The number of carboxylic acid groups (broad SMARTS) is 1. The molecular formula is C3H5NaO3. The van der Waals surface area contributed by atoms with Crippen molar-refractivity contribution in [2.24, 2.45) is 0 Å². The Morgan fingerprint density at radius 3 is 2.43 bits per heavy atom. The Labute approximate surface area is 64.4 Å². The molecule has 36 valence electrons. The molecule has 1 atom stereocenters. The first-order chi connectivity index (χ1) is 2.80. The van der Waals surface area contributed by atoms with Crippen LogP contribution in [0.5, 0.6) is 0 Å². The van der Waals surface area contributed by atoms with Gasteiger partial charge in [-0.05, 0) is 0 Å². The van der Waals surface area contributed by atoms with Crippen LogP contribution in [0.15, 0.2) is 0 Å². The number of carbonyl (C=O) groups is 1. The second kappa shape index (κ2) is 2.67. The first kappa shape index (κ1) is 7.43. The van der Waals surface area contributed by atoms with E-state index in [0.29, 0.717) is 6.61 Å². The van der Waals surface area contributed by atoms with Crippen LogP contribution in [-0.2, 0) is 9.53 Å². The average Bonchev–Trinajstić information content (AvgIpc) is 2.06. The summed E-state index contributed by atoms with van der Waals surface area (Å²) in [6, 6.07) is 0. The molecule has 1 aliphatic rings. The van der Waals surface area contributed by atoms with E-state index in [-0.39, 0.29) is 31.0 Å². The summed E-state index contributed by atoms with van der Waals surface area (Å²) < 4.78 is 4.37. The molecule has 0 spiro atoms. The number of hydrogen-bond donors (Lipinski definition) is 1. The zero-order valence-electron chi connectivity index (χ0n) is 5.05. The number of ether oxygens (including phenoxy) is 1. The SMILES string of the molecule is O=C(O)C1CO1.[H-].[Na+]. The van der Waals surface area contributed by atoms with Crippen molar-refractivity contribution in [2.45, 2.75) is 6.10 Å². The normalized spacial score (nSPS) is 25.4. The zero-order valence-corrected chi connectivity index (χ0v) is 6.05. The third-order valence-electron chi connectivity index (χ3n) is 0.609. The smallest absolute Gasteiger partial charge is 1.00 e. The van der Waals surface area contributed by atoms with Crippen molar-refractivity contribution < 1.29 is 45.6 Å². The molecule has 0 saturated carbocycles. The van der Waals surface area contributed by atoms with E-state index in [4.69, 9.17) is 5.11 Å². The average molecular weight is 112 g/mol. The van der Waals surface area contributed by atoms with Crippen molar-refractivity contribution in [3.05, 3.63) is 0 Å². The van der Waals surface area contributed by atoms with E-state index in [1.807, 2.05) is 0 Å². The largest absolute Gasteiger partial charge is 1.00 e.